The third-order valence-electron chi connectivity index (χ3n) is 3.23. The molecule has 0 aromatic heterocycles. The molecule has 1 unspecified atom stereocenters. The number of methoxy groups -OCH3 is 1. The molecule has 1 aromatic rings. The van der Waals surface area contributed by atoms with Crippen molar-refractivity contribution in [3.8, 4) is 5.75 Å². The maximum atomic E-state index is 13.8. The molecule has 1 aromatic carbocycles. The third-order valence-corrected chi connectivity index (χ3v) is 3.58. The molecule has 2 rings (SSSR count). The first-order chi connectivity index (χ1) is 8.69. The van der Waals surface area contributed by atoms with Gasteiger partial charge in [-0.05, 0) is 25.0 Å². The minimum Gasteiger partial charge on any atom is -0.496 e. The highest BCUT2D eigenvalue weighted by molar-refractivity contribution is 6.18. The summed E-state index contributed by atoms with van der Waals surface area (Å²) in [5.74, 6) is -0.254. The van der Waals surface area contributed by atoms with Gasteiger partial charge in [-0.3, -0.25) is 4.79 Å². The van der Waals surface area contributed by atoms with Crippen molar-refractivity contribution < 1.29 is 13.9 Å². The highest BCUT2D eigenvalue weighted by atomic mass is 35.5. The lowest BCUT2D eigenvalue weighted by Crippen LogP contribution is -2.37. The molecule has 1 aliphatic rings. The van der Waals surface area contributed by atoms with Gasteiger partial charge in [0.2, 0.25) is 0 Å². The number of ether oxygens (including phenoxy) is 1. The van der Waals surface area contributed by atoms with Crippen LogP contribution in [-0.4, -0.2) is 36.4 Å². The van der Waals surface area contributed by atoms with Gasteiger partial charge in [-0.25, -0.2) is 4.39 Å². The fourth-order valence-electron chi connectivity index (χ4n) is 2.29. The first-order valence-electron chi connectivity index (χ1n) is 5.88. The Bertz CT molecular complexity index is 453. The molecular weight excluding hydrogens is 257 g/mol. The van der Waals surface area contributed by atoms with Crippen molar-refractivity contribution in [2.24, 2.45) is 0 Å². The normalized spacial score (nSPS) is 19.1. The van der Waals surface area contributed by atoms with E-state index in [-0.39, 0.29) is 23.3 Å². The van der Waals surface area contributed by atoms with Crippen LogP contribution in [0.25, 0.3) is 0 Å². The van der Waals surface area contributed by atoms with Gasteiger partial charge in [0, 0.05) is 18.5 Å². The van der Waals surface area contributed by atoms with Gasteiger partial charge in [0.25, 0.3) is 5.91 Å². The summed E-state index contributed by atoms with van der Waals surface area (Å²) in [4.78, 5) is 14.0. The number of benzene rings is 1. The minimum absolute atomic E-state index is 0.00276. The lowest BCUT2D eigenvalue weighted by atomic mass is 10.1. The number of hydrogen-bond acceptors (Lipinski definition) is 2. The molecule has 1 aliphatic heterocycles. The van der Waals surface area contributed by atoms with E-state index < -0.39 is 5.82 Å². The SMILES string of the molecule is COc1cccc(F)c1C(=O)N1CCCC1CCl. The quantitative estimate of drug-likeness (QED) is 0.791. The van der Waals surface area contributed by atoms with Gasteiger partial charge in [-0.2, -0.15) is 0 Å². The molecule has 18 heavy (non-hydrogen) atoms. The number of alkyl halides is 1. The summed E-state index contributed by atoms with van der Waals surface area (Å²) in [7, 11) is 1.43. The second kappa shape index (κ2) is 5.57. The number of likely N-dealkylation sites (tertiary alicyclic amines) is 1. The van der Waals surface area contributed by atoms with E-state index in [0.717, 1.165) is 12.8 Å². The fourth-order valence-corrected chi connectivity index (χ4v) is 2.61. The van der Waals surface area contributed by atoms with E-state index in [1.54, 1.807) is 11.0 Å². The lowest BCUT2D eigenvalue weighted by molar-refractivity contribution is 0.0740. The van der Waals surface area contributed by atoms with Gasteiger partial charge < -0.3 is 9.64 Å². The number of halogens is 2. The highest BCUT2D eigenvalue weighted by Crippen LogP contribution is 2.27. The van der Waals surface area contributed by atoms with Crippen LogP contribution in [0.5, 0.6) is 5.75 Å². The maximum absolute atomic E-state index is 13.8. The lowest BCUT2D eigenvalue weighted by Gasteiger charge is -2.24. The Kier molecular flexibility index (Phi) is 4.07. The smallest absolute Gasteiger partial charge is 0.260 e. The molecule has 98 valence electrons. The summed E-state index contributed by atoms with van der Waals surface area (Å²) in [5.41, 5.74) is -0.00276. The van der Waals surface area contributed by atoms with Crippen molar-refractivity contribution in [3.63, 3.8) is 0 Å². The monoisotopic (exact) mass is 271 g/mol. The zero-order valence-electron chi connectivity index (χ0n) is 10.2. The van der Waals surface area contributed by atoms with Crippen LogP contribution in [0.4, 0.5) is 4.39 Å². The first kappa shape index (κ1) is 13.1. The third kappa shape index (κ3) is 2.29. The van der Waals surface area contributed by atoms with E-state index in [4.69, 9.17) is 16.3 Å². The first-order valence-corrected chi connectivity index (χ1v) is 6.42. The van der Waals surface area contributed by atoms with Gasteiger partial charge in [0.15, 0.2) is 0 Å². The molecule has 5 heteroatoms. The number of carbonyl (C=O) groups excluding carboxylic acids is 1. The van der Waals surface area contributed by atoms with Crippen molar-refractivity contribution in [1.82, 2.24) is 4.90 Å². The molecule has 0 saturated carbocycles. The van der Waals surface area contributed by atoms with Crippen molar-refractivity contribution in [1.29, 1.82) is 0 Å². The van der Waals surface area contributed by atoms with Gasteiger partial charge >= 0.3 is 0 Å². The highest BCUT2D eigenvalue weighted by Gasteiger charge is 2.31. The molecule has 0 aliphatic carbocycles. The predicted octanol–water partition coefficient (Wildman–Crippen LogP) is 2.68. The molecule has 1 heterocycles. The van der Waals surface area contributed by atoms with Crippen LogP contribution in [-0.2, 0) is 0 Å². The molecule has 1 fully saturated rings. The number of rotatable bonds is 3. The van der Waals surface area contributed by atoms with E-state index in [9.17, 15) is 9.18 Å². The van der Waals surface area contributed by atoms with Crippen LogP contribution < -0.4 is 4.74 Å². The Morgan fingerprint density at radius 3 is 3.06 bits per heavy atom. The largest absolute Gasteiger partial charge is 0.496 e. The van der Waals surface area contributed by atoms with Crippen molar-refractivity contribution in [2.75, 3.05) is 19.5 Å². The van der Waals surface area contributed by atoms with E-state index in [2.05, 4.69) is 0 Å². The average molecular weight is 272 g/mol. The van der Waals surface area contributed by atoms with Crippen LogP contribution in [0.2, 0.25) is 0 Å². The Hall–Kier alpha value is -1.29. The number of carbonyl (C=O) groups is 1. The average Bonchev–Trinajstić information content (AvgIpc) is 2.85. The molecule has 0 N–H and O–H groups in total. The molecule has 3 nitrogen and oxygen atoms in total. The molecule has 0 radical (unpaired) electrons. The Morgan fingerprint density at radius 1 is 1.61 bits per heavy atom. The summed E-state index contributed by atoms with van der Waals surface area (Å²) in [5, 5.41) is 0. The zero-order valence-corrected chi connectivity index (χ0v) is 10.9. The summed E-state index contributed by atoms with van der Waals surface area (Å²) in [6, 6.07) is 4.36. The summed E-state index contributed by atoms with van der Waals surface area (Å²) < 4.78 is 18.9. The van der Waals surface area contributed by atoms with Gasteiger partial charge in [-0.1, -0.05) is 6.07 Å². The number of nitrogens with zero attached hydrogens (tertiary/aromatic N) is 1. The summed E-state index contributed by atoms with van der Waals surface area (Å²) >= 11 is 5.83. The molecular formula is C13H15ClFNO2. The molecule has 1 atom stereocenters. The van der Waals surface area contributed by atoms with Crippen LogP contribution >= 0.6 is 11.6 Å². The van der Waals surface area contributed by atoms with Gasteiger partial charge in [0.05, 0.1) is 7.11 Å². The minimum atomic E-state index is -0.556. The summed E-state index contributed by atoms with van der Waals surface area (Å²) in [6.45, 7) is 0.619. The fraction of sp³-hybridized carbons (Fsp3) is 0.462. The van der Waals surface area contributed by atoms with E-state index >= 15 is 0 Å². The van der Waals surface area contributed by atoms with Crippen LogP contribution in [0, 0.1) is 5.82 Å². The van der Waals surface area contributed by atoms with E-state index in [0.29, 0.717) is 12.4 Å². The Labute approximate surface area is 110 Å². The number of hydrogen-bond donors (Lipinski definition) is 0. The van der Waals surface area contributed by atoms with Gasteiger partial charge in [-0.15, -0.1) is 11.6 Å². The van der Waals surface area contributed by atoms with E-state index in [1.807, 2.05) is 0 Å². The molecule has 0 bridgehead atoms. The maximum Gasteiger partial charge on any atom is 0.260 e. The van der Waals surface area contributed by atoms with E-state index in [1.165, 1.54) is 19.2 Å². The van der Waals surface area contributed by atoms with Gasteiger partial charge in [0.1, 0.15) is 17.1 Å². The zero-order chi connectivity index (χ0) is 13.1. The molecule has 0 spiro atoms. The van der Waals surface area contributed by atoms with Crippen LogP contribution in [0.3, 0.4) is 0 Å². The summed E-state index contributed by atoms with van der Waals surface area (Å²) in [6.07, 6.45) is 1.77. The van der Waals surface area contributed by atoms with Crippen molar-refractivity contribution in [2.45, 2.75) is 18.9 Å². The second-order valence-corrected chi connectivity index (χ2v) is 4.57. The van der Waals surface area contributed by atoms with Crippen LogP contribution in [0.15, 0.2) is 18.2 Å². The van der Waals surface area contributed by atoms with Crippen LogP contribution in [0.1, 0.15) is 23.2 Å². The Balaban J connectivity index is 2.34. The standard InChI is InChI=1S/C13H15ClFNO2/c1-18-11-6-2-5-10(15)12(11)13(17)16-7-3-4-9(16)8-14/h2,5-6,9H,3-4,7-8H2,1H3. The molecule has 1 amide bonds. The topological polar surface area (TPSA) is 29.5 Å². The number of amides is 1. The predicted molar refractivity (Wildman–Crippen MR) is 67.7 cm³/mol. The van der Waals surface area contributed by atoms with Crippen molar-refractivity contribution in [3.05, 3.63) is 29.6 Å². The molecule has 1 saturated heterocycles. The second-order valence-electron chi connectivity index (χ2n) is 4.27. The Morgan fingerprint density at radius 2 is 2.39 bits per heavy atom. The van der Waals surface area contributed by atoms with Crippen molar-refractivity contribution >= 4 is 17.5 Å².